The molecular weight excluding hydrogens is 204 g/mol. The number of ketones is 1. The van der Waals surface area contributed by atoms with Crippen molar-refractivity contribution in [3.05, 3.63) is 23.8 Å². The van der Waals surface area contributed by atoms with E-state index in [1.807, 2.05) is 26.0 Å². The average molecular weight is 222 g/mol. The van der Waals surface area contributed by atoms with Crippen LogP contribution in [0.15, 0.2) is 23.8 Å². The number of Topliss-reactive ketones (excluding diaryl/α,β-unsaturated/α-hetero) is 1. The third-order valence-electron chi connectivity index (χ3n) is 3.15. The van der Waals surface area contributed by atoms with Gasteiger partial charge in [-0.3, -0.25) is 4.79 Å². The number of rotatable bonds is 4. The summed E-state index contributed by atoms with van der Waals surface area (Å²) in [4.78, 5) is 12.3. The van der Waals surface area contributed by atoms with Crippen LogP contribution in [-0.2, 0) is 14.3 Å². The van der Waals surface area contributed by atoms with Gasteiger partial charge < -0.3 is 9.47 Å². The van der Waals surface area contributed by atoms with Crippen molar-refractivity contribution in [2.75, 3.05) is 13.2 Å². The maximum absolute atomic E-state index is 12.3. The Balaban J connectivity index is 2.26. The molecule has 0 heterocycles. The Morgan fingerprint density at radius 2 is 2.06 bits per heavy atom. The highest BCUT2D eigenvalue weighted by Gasteiger charge is 2.51. The van der Waals surface area contributed by atoms with Gasteiger partial charge in [0.25, 0.3) is 0 Å². The quantitative estimate of drug-likeness (QED) is 0.684. The van der Waals surface area contributed by atoms with Gasteiger partial charge in [0.1, 0.15) is 0 Å². The van der Waals surface area contributed by atoms with Crippen molar-refractivity contribution in [2.45, 2.75) is 32.5 Å². The number of carbonyl (C=O) groups excluding carboxylic acids is 1. The predicted octanol–water partition coefficient (Wildman–Crippen LogP) is 2.23. The van der Waals surface area contributed by atoms with Crippen molar-refractivity contribution in [2.24, 2.45) is 5.92 Å². The Bertz CT molecular complexity index is 335. The lowest BCUT2D eigenvalue weighted by molar-refractivity contribution is -0.220. The second-order valence-electron chi connectivity index (χ2n) is 4.13. The second kappa shape index (κ2) is 4.52. The molecule has 0 saturated heterocycles. The summed E-state index contributed by atoms with van der Waals surface area (Å²) in [5.41, 5.74) is 0.865. The van der Waals surface area contributed by atoms with Crippen LogP contribution < -0.4 is 0 Å². The summed E-state index contributed by atoms with van der Waals surface area (Å²) >= 11 is 0. The Kier molecular flexibility index (Phi) is 3.26. The van der Waals surface area contributed by atoms with Crippen LogP contribution in [0, 0.1) is 5.92 Å². The van der Waals surface area contributed by atoms with Gasteiger partial charge in [-0.2, -0.15) is 0 Å². The standard InChI is InChI=1S/C13H18O3/c1-3-15-13(16-4-2)9-10-7-5-6-8-11(10)12(13)14/h5-6,8,10H,3-4,7,9H2,1-2H3. The molecule has 3 heteroatoms. The van der Waals surface area contributed by atoms with Crippen molar-refractivity contribution < 1.29 is 14.3 Å². The molecule has 1 fully saturated rings. The summed E-state index contributed by atoms with van der Waals surface area (Å²) in [6.07, 6.45) is 7.51. The van der Waals surface area contributed by atoms with Gasteiger partial charge >= 0.3 is 0 Å². The molecule has 3 nitrogen and oxygen atoms in total. The van der Waals surface area contributed by atoms with Crippen molar-refractivity contribution in [1.82, 2.24) is 0 Å². The number of hydrogen-bond acceptors (Lipinski definition) is 3. The van der Waals surface area contributed by atoms with E-state index < -0.39 is 5.79 Å². The van der Waals surface area contributed by atoms with Gasteiger partial charge in [-0.15, -0.1) is 0 Å². The SMILES string of the molecule is CCOC1(OCC)CC2CC=CC=C2C1=O. The molecule has 0 amide bonds. The van der Waals surface area contributed by atoms with Crippen molar-refractivity contribution in [3.63, 3.8) is 0 Å². The predicted molar refractivity (Wildman–Crippen MR) is 60.9 cm³/mol. The third kappa shape index (κ3) is 1.74. The highest BCUT2D eigenvalue weighted by atomic mass is 16.7. The maximum Gasteiger partial charge on any atom is 0.233 e. The van der Waals surface area contributed by atoms with Gasteiger partial charge in [0.05, 0.1) is 0 Å². The van der Waals surface area contributed by atoms with E-state index in [-0.39, 0.29) is 11.7 Å². The molecule has 88 valence electrons. The van der Waals surface area contributed by atoms with E-state index in [1.54, 1.807) is 0 Å². The number of fused-ring (bicyclic) bond motifs is 1. The van der Waals surface area contributed by atoms with E-state index in [0.29, 0.717) is 19.6 Å². The molecule has 0 aliphatic heterocycles. The van der Waals surface area contributed by atoms with Crippen LogP contribution in [0.2, 0.25) is 0 Å². The summed E-state index contributed by atoms with van der Waals surface area (Å²) in [7, 11) is 0. The fourth-order valence-corrected chi connectivity index (χ4v) is 2.53. The molecule has 1 unspecified atom stereocenters. The second-order valence-corrected chi connectivity index (χ2v) is 4.13. The Labute approximate surface area is 96.1 Å². The Morgan fingerprint density at radius 3 is 2.62 bits per heavy atom. The molecule has 1 atom stereocenters. The van der Waals surface area contributed by atoms with Crippen molar-refractivity contribution in [1.29, 1.82) is 0 Å². The van der Waals surface area contributed by atoms with E-state index in [1.165, 1.54) is 0 Å². The minimum atomic E-state index is -1.01. The summed E-state index contributed by atoms with van der Waals surface area (Å²) < 4.78 is 11.2. The summed E-state index contributed by atoms with van der Waals surface area (Å²) in [6.45, 7) is 4.78. The minimum absolute atomic E-state index is 0.0190. The van der Waals surface area contributed by atoms with Crippen molar-refractivity contribution in [3.8, 4) is 0 Å². The normalized spacial score (nSPS) is 26.8. The maximum atomic E-state index is 12.3. The van der Waals surface area contributed by atoms with Gasteiger partial charge in [0.15, 0.2) is 0 Å². The fourth-order valence-electron chi connectivity index (χ4n) is 2.53. The fraction of sp³-hybridized carbons (Fsp3) is 0.615. The number of carbonyl (C=O) groups is 1. The van der Waals surface area contributed by atoms with Crippen LogP contribution in [0.25, 0.3) is 0 Å². The van der Waals surface area contributed by atoms with E-state index in [2.05, 4.69) is 6.08 Å². The highest BCUT2D eigenvalue weighted by molar-refractivity contribution is 6.04. The molecule has 0 aromatic rings. The van der Waals surface area contributed by atoms with E-state index in [0.717, 1.165) is 12.0 Å². The first-order valence-corrected chi connectivity index (χ1v) is 5.93. The van der Waals surface area contributed by atoms with Crippen LogP contribution in [0.3, 0.4) is 0 Å². The Hall–Kier alpha value is -0.930. The van der Waals surface area contributed by atoms with E-state index in [9.17, 15) is 4.79 Å². The first-order chi connectivity index (χ1) is 7.73. The minimum Gasteiger partial charge on any atom is -0.344 e. The molecule has 2 aliphatic rings. The van der Waals surface area contributed by atoms with Crippen LogP contribution in [-0.4, -0.2) is 24.8 Å². The molecule has 1 saturated carbocycles. The van der Waals surface area contributed by atoms with Gasteiger partial charge in [0, 0.05) is 25.2 Å². The van der Waals surface area contributed by atoms with Gasteiger partial charge in [-0.25, -0.2) is 0 Å². The first kappa shape index (κ1) is 11.6. The average Bonchev–Trinajstić information content (AvgIpc) is 2.54. The zero-order valence-electron chi connectivity index (χ0n) is 9.86. The van der Waals surface area contributed by atoms with Crippen LogP contribution in [0.1, 0.15) is 26.7 Å². The molecule has 0 aromatic carbocycles. The van der Waals surface area contributed by atoms with Crippen LogP contribution in [0.4, 0.5) is 0 Å². The van der Waals surface area contributed by atoms with Gasteiger partial charge in [-0.05, 0) is 26.2 Å². The highest BCUT2D eigenvalue weighted by Crippen LogP contribution is 2.42. The van der Waals surface area contributed by atoms with Gasteiger partial charge in [0.2, 0.25) is 11.6 Å². The Morgan fingerprint density at radius 1 is 1.38 bits per heavy atom. The van der Waals surface area contributed by atoms with E-state index in [4.69, 9.17) is 9.47 Å². The molecular formula is C13H18O3. The summed E-state index contributed by atoms with van der Waals surface area (Å²) in [6, 6.07) is 0. The molecule has 0 radical (unpaired) electrons. The first-order valence-electron chi connectivity index (χ1n) is 5.93. The zero-order chi connectivity index (χ0) is 11.6. The topological polar surface area (TPSA) is 35.5 Å². The molecule has 0 bridgehead atoms. The lowest BCUT2D eigenvalue weighted by atomic mass is 9.94. The summed E-state index contributed by atoms with van der Waals surface area (Å²) in [5, 5.41) is 0. The third-order valence-corrected chi connectivity index (χ3v) is 3.15. The molecule has 16 heavy (non-hydrogen) atoms. The smallest absolute Gasteiger partial charge is 0.233 e. The zero-order valence-corrected chi connectivity index (χ0v) is 9.86. The number of ether oxygens (including phenoxy) is 2. The molecule has 0 spiro atoms. The molecule has 0 N–H and O–H groups in total. The monoisotopic (exact) mass is 222 g/mol. The largest absolute Gasteiger partial charge is 0.344 e. The molecule has 2 aliphatic carbocycles. The van der Waals surface area contributed by atoms with Crippen molar-refractivity contribution >= 4 is 5.78 Å². The summed E-state index contributed by atoms with van der Waals surface area (Å²) in [5.74, 6) is -0.715. The number of allylic oxidation sites excluding steroid dienone is 3. The molecule has 0 aromatic heterocycles. The van der Waals surface area contributed by atoms with Crippen LogP contribution >= 0.6 is 0 Å². The lowest BCUT2D eigenvalue weighted by Crippen LogP contribution is -2.40. The van der Waals surface area contributed by atoms with Crippen LogP contribution in [0.5, 0.6) is 0 Å². The van der Waals surface area contributed by atoms with E-state index >= 15 is 0 Å². The van der Waals surface area contributed by atoms with Gasteiger partial charge in [-0.1, -0.05) is 18.2 Å². The number of hydrogen-bond donors (Lipinski definition) is 0. The lowest BCUT2D eigenvalue weighted by Gasteiger charge is -2.26. The molecule has 2 rings (SSSR count).